The number of likely N-dealkylation sites (N-methyl/N-ethyl adjacent to an activating group) is 1. The average molecular weight is 344 g/mol. The lowest BCUT2D eigenvalue weighted by Gasteiger charge is -2.19. The molecule has 0 saturated carbocycles. The molecule has 1 unspecified atom stereocenters. The Morgan fingerprint density at radius 1 is 1.35 bits per heavy atom. The van der Waals surface area contributed by atoms with Crippen LogP contribution < -0.4 is 10.5 Å². The van der Waals surface area contributed by atoms with Crippen molar-refractivity contribution in [2.45, 2.75) is 19.9 Å². The summed E-state index contributed by atoms with van der Waals surface area (Å²) in [6.45, 7) is 4.06. The fourth-order valence-electron chi connectivity index (χ4n) is 3.32. The number of thiophene rings is 1. The molecule has 4 nitrogen and oxygen atoms in total. The number of H-pyrrole nitrogens is 1. The van der Waals surface area contributed by atoms with Crippen molar-refractivity contribution < 1.29 is 4.90 Å². The molecule has 118 valence electrons. The van der Waals surface area contributed by atoms with E-state index in [-0.39, 0.29) is 5.56 Å². The molecule has 1 aromatic carbocycles. The second-order valence-corrected chi connectivity index (χ2v) is 7.69. The molecule has 0 bridgehead atoms. The number of nitrogens with zero attached hydrogens (tertiary/aromatic N) is 1. The van der Waals surface area contributed by atoms with Crippen molar-refractivity contribution in [1.29, 1.82) is 0 Å². The van der Waals surface area contributed by atoms with Crippen LogP contribution >= 0.6 is 23.6 Å². The predicted octanol–water partition coefficient (Wildman–Crippen LogP) is 1.99. The van der Waals surface area contributed by atoms with Crippen LogP contribution in [0.25, 0.3) is 15.9 Å². The molecule has 3 aromatic rings. The first-order chi connectivity index (χ1) is 11.1. The van der Waals surface area contributed by atoms with Gasteiger partial charge in [-0.3, -0.25) is 9.36 Å². The lowest BCUT2D eigenvalue weighted by molar-refractivity contribution is -0.895. The van der Waals surface area contributed by atoms with Crippen molar-refractivity contribution in [3.63, 3.8) is 0 Å². The monoisotopic (exact) mass is 344 g/mol. The van der Waals surface area contributed by atoms with Gasteiger partial charge in [0.1, 0.15) is 11.4 Å². The lowest BCUT2D eigenvalue weighted by atomic mass is 10.1. The summed E-state index contributed by atoms with van der Waals surface area (Å²) >= 11 is 7.16. The molecular formula is C17H18N3OS2+. The highest BCUT2D eigenvalue weighted by Gasteiger charge is 2.24. The Kier molecular flexibility index (Phi) is 3.48. The van der Waals surface area contributed by atoms with E-state index in [2.05, 4.69) is 12.0 Å². The molecular weight excluding hydrogens is 326 g/mol. The third-order valence-electron chi connectivity index (χ3n) is 4.55. The van der Waals surface area contributed by atoms with Gasteiger partial charge in [0.15, 0.2) is 4.77 Å². The molecule has 0 amide bonds. The number of aryl methyl sites for hydroxylation is 1. The summed E-state index contributed by atoms with van der Waals surface area (Å²) in [4.78, 5) is 20.2. The zero-order chi connectivity index (χ0) is 16.1. The molecule has 1 aliphatic heterocycles. The number of aromatic amines is 1. The largest absolute Gasteiger partial charge is 0.333 e. The maximum atomic E-state index is 13.2. The Morgan fingerprint density at radius 3 is 2.91 bits per heavy atom. The van der Waals surface area contributed by atoms with E-state index in [4.69, 9.17) is 12.2 Å². The van der Waals surface area contributed by atoms with Gasteiger partial charge in [0.25, 0.3) is 5.56 Å². The minimum Gasteiger partial charge on any atom is -0.333 e. The van der Waals surface area contributed by atoms with Crippen LogP contribution in [0.1, 0.15) is 16.0 Å². The van der Waals surface area contributed by atoms with Crippen LogP contribution in [0.15, 0.2) is 29.1 Å². The van der Waals surface area contributed by atoms with Gasteiger partial charge in [-0.1, -0.05) is 18.2 Å². The topological polar surface area (TPSA) is 42.2 Å². The smallest absolute Gasteiger partial charge is 0.267 e. The van der Waals surface area contributed by atoms with Crippen LogP contribution in [0.3, 0.4) is 0 Å². The molecule has 0 fully saturated rings. The van der Waals surface area contributed by atoms with Gasteiger partial charge in [0, 0.05) is 6.42 Å². The molecule has 0 spiro atoms. The average Bonchev–Trinajstić information content (AvgIpc) is 2.86. The summed E-state index contributed by atoms with van der Waals surface area (Å²) in [6, 6.07) is 7.86. The first-order valence-corrected chi connectivity index (χ1v) is 8.95. The van der Waals surface area contributed by atoms with Crippen LogP contribution in [0.5, 0.6) is 0 Å². The number of fused-ring (bicyclic) bond motifs is 3. The van der Waals surface area contributed by atoms with Crippen molar-refractivity contribution >= 4 is 33.8 Å². The van der Waals surface area contributed by atoms with Gasteiger partial charge in [-0.15, -0.1) is 11.3 Å². The third kappa shape index (κ3) is 2.29. The summed E-state index contributed by atoms with van der Waals surface area (Å²) in [5.74, 6) is 0. The molecule has 6 heteroatoms. The maximum absolute atomic E-state index is 13.2. The van der Waals surface area contributed by atoms with Gasteiger partial charge in [-0.2, -0.15) is 0 Å². The fraction of sp³-hybridized carbons (Fsp3) is 0.294. The van der Waals surface area contributed by atoms with Crippen molar-refractivity contribution in [2.75, 3.05) is 13.6 Å². The summed E-state index contributed by atoms with van der Waals surface area (Å²) < 4.78 is 2.11. The van der Waals surface area contributed by atoms with E-state index < -0.39 is 0 Å². The third-order valence-corrected chi connectivity index (χ3v) is 5.98. The van der Waals surface area contributed by atoms with E-state index in [1.54, 1.807) is 15.9 Å². The number of para-hydroxylation sites is 1. The van der Waals surface area contributed by atoms with Gasteiger partial charge in [0.2, 0.25) is 0 Å². The minimum absolute atomic E-state index is 0.00935. The molecule has 4 rings (SSSR count). The van der Waals surface area contributed by atoms with Crippen molar-refractivity contribution in [2.24, 2.45) is 0 Å². The quantitative estimate of drug-likeness (QED) is 0.663. The molecule has 2 N–H and O–H groups in total. The summed E-state index contributed by atoms with van der Waals surface area (Å²) in [5, 5.41) is 0.828. The van der Waals surface area contributed by atoms with E-state index >= 15 is 0 Å². The summed E-state index contributed by atoms with van der Waals surface area (Å²) in [7, 11) is 2.20. The second kappa shape index (κ2) is 5.40. The normalized spacial score (nSPS) is 17.4. The zero-order valence-corrected chi connectivity index (χ0v) is 14.7. The van der Waals surface area contributed by atoms with Crippen LogP contribution in [0.2, 0.25) is 0 Å². The molecule has 0 aliphatic carbocycles. The highest BCUT2D eigenvalue weighted by molar-refractivity contribution is 7.71. The molecule has 2 aromatic heterocycles. The molecule has 23 heavy (non-hydrogen) atoms. The highest BCUT2D eigenvalue weighted by atomic mass is 32.1. The van der Waals surface area contributed by atoms with E-state index in [0.29, 0.717) is 4.77 Å². The Hall–Kier alpha value is -1.76. The minimum atomic E-state index is 0.00935. The first-order valence-electron chi connectivity index (χ1n) is 7.73. The molecule has 1 atom stereocenters. The predicted molar refractivity (Wildman–Crippen MR) is 96.5 cm³/mol. The van der Waals surface area contributed by atoms with Crippen LogP contribution in [0.4, 0.5) is 0 Å². The molecule has 0 radical (unpaired) electrons. The first kappa shape index (κ1) is 14.8. The number of rotatable bonds is 1. The van der Waals surface area contributed by atoms with Crippen molar-refractivity contribution in [1.82, 2.24) is 9.55 Å². The molecule has 1 aliphatic rings. The summed E-state index contributed by atoms with van der Waals surface area (Å²) in [5.41, 5.74) is 3.13. The van der Waals surface area contributed by atoms with E-state index in [0.717, 1.165) is 41.0 Å². The maximum Gasteiger partial charge on any atom is 0.267 e. The molecule has 3 heterocycles. The van der Waals surface area contributed by atoms with Gasteiger partial charge in [-0.25, -0.2) is 0 Å². The van der Waals surface area contributed by atoms with E-state index in [9.17, 15) is 4.79 Å². The van der Waals surface area contributed by atoms with Gasteiger partial charge in [-0.05, 0) is 36.3 Å². The van der Waals surface area contributed by atoms with Crippen LogP contribution in [0, 0.1) is 11.7 Å². The Bertz CT molecular complexity index is 1030. The van der Waals surface area contributed by atoms with Gasteiger partial charge < -0.3 is 9.88 Å². The number of nitrogens with one attached hydrogen (secondary N) is 2. The van der Waals surface area contributed by atoms with Gasteiger partial charge >= 0.3 is 0 Å². The SMILES string of the molecule is Cc1ccccc1-n1c(=S)[nH]c2sc3c(c2c1=O)CC[NH+](C)C3. The van der Waals surface area contributed by atoms with E-state index in [1.807, 2.05) is 31.2 Å². The lowest BCUT2D eigenvalue weighted by Crippen LogP contribution is -3.08. The van der Waals surface area contributed by atoms with Crippen LogP contribution in [-0.2, 0) is 13.0 Å². The Balaban J connectivity index is 2.07. The van der Waals surface area contributed by atoms with Crippen LogP contribution in [-0.4, -0.2) is 23.1 Å². The number of benzene rings is 1. The fourth-order valence-corrected chi connectivity index (χ4v) is 5.03. The number of hydrogen-bond donors (Lipinski definition) is 2. The van der Waals surface area contributed by atoms with Crippen molar-refractivity contribution in [3.05, 3.63) is 55.4 Å². The standard InChI is InChI=1S/C17H17N3OS2/c1-10-5-3-4-6-12(10)20-16(21)14-11-7-8-19(2)9-13(11)23-15(14)18-17(20)22/h3-6H,7-9H2,1-2H3,(H,18,22)/p+1. The molecule has 0 saturated heterocycles. The Labute approximate surface area is 143 Å². The Morgan fingerprint density at radius 2 is 2.13 bits per heavy atom. The number of aromatic nitrogens is 2. The highest BCUT2D eigenvalue weighted by Crippen LogP contribution is 2.29. The van der Waals surface area contributed by atoms with Gasteiger partial charge in [0.05, 0.1) is 29.5 Å². The number of hydrogen-bond acceptors (Lipinski definition) is 3. The van der Waals surface area contributed by atoms with E-state index in [1.165, 1.54) is 15.3 Å². The second-order valence-electron chi connectivity index (χ2n) is 6.20. The van der Waals surface area contributed by atoms with Crippen molar-refractivity contribution in [3.8, 4) is 5.69 Å². The zero-order valence-electron chi connectivity index (χ0n) is 13.1. The number of quaternary nitrogens is 1. The summed E-state index contributed by atoms with van der Waals surface area (Å²) in [6.07, 6.45) is 0.953.